The third-order valence-corrected chi connectivity index (χ3v) is 5.36. The van der Waals surface area contributed by atoms with Gasteiger partial charge in [0, 0.05) is 29.8 Å². The van der Waals surface area contributed by atoms with Crippen LogP contribution in [0.5, 0.6) is 5.75 Å². The average molecular weight is 340 g/mol. The van der Waals surface area contributed by atoms with Gasteiger partial charge in [0.15, 0.2) is 0 Å². The number of piperazine rings is 1. The van der Waals surface area contributed by atoms with Crippen molar-refractivity contribution in [1.82, 2.24) is 20.4 Å². The number of amides is 1. The molecule has 1 saturated carbocycles. The van der Waals surface area contributed by atoms with E-state index < -0.39 is 0 Å². The van der Waals surface area contributed by atoms with E-state index in [1.807, 2.05) is 30.5 Å². The molecule has 2 atom stereocenters. The Morgan fingerprint density at radius 1 is 1.24 bits per heavy atom. The Bertz CT molecular complexity index is 740. The van der Waals surface area contributed by atoms with Crippen LogP contribution in [-0.2, 0) is 11.3 Å². The van der Waals surface area contributed by atoms with Crippen LogP contribution >= 0.6 is 0 Å². The van der Waals surface area contributed by atoms with Crippen molar-refractivity contribution < 1.29 is 9.53 Å². The highest BCUT2D eigenvalue weighted by molar-refractivity contribution is 5.79. The number of benzene rings is 1. The Hall–Kier alpha value is -2.34. The molecule has 0 spiro atoms. The van der Waals surface area contributed by atoms with Gasteiger partial charge in [-0.25, -0.2) is 0 Å². The van der Waals surface area contributed by atoms with Gasteiger partial charge in [0.2, 0.25) is 5.91 Å². The zero-order valence-electron chi connectivity index (χ0n) is 14.5. The van der Waals surface area contributed by atoms with E-state index in [4.69, 9.17) is 4.74 Å². The number of nitrogens with one attached hydrogen (secondary N) is 2. The van der Waals surface area contributed by atoms with Crippen molar-refractivity contribution in [1.29, 1.82) is 0 Å². The number of carbonyl (C=O) groups is 1. The summed E-state index contributed by atoms with van der Waals surface area (Å²) in [5.41, 5.74) is 3.22. The van der Waals surface area contributed by atoms with Crippen molar-refractivity contribution in [3.05, 3.63) is 36.0 Å². The monoisotopic (exact) mass is 340 g/mol. The van der Waals surface area contributed by atoms with Crippen LogP contribution < -0.4 is 10.1 Å². The van der Waals surface area contributed by atoms with E-state index in [-0.39, 0.29) is 5.91 Å². The molecule has 2 aromatic rings. The largest absolute Gasteiger partial charge is 0.497 e. The summed E-state index contributed by atoms with van der Waals surface area (Å²) in [5, 5.41) is 10.5. The van der Waals surface area contributed by atoms with Gasteiger partial charge in [0.05, 0.1) is 25.5 Å². The lowest BCUT2D eigenvalue weighted by Gasteiger charge is -2.44. The lowest BCUT2D eigenvalue weighted by Crippen LogP contribution is -2.61. The van der Waals surface area contributed by atoms with Gasteiger partial charge >= 0.3 is 0 Å². The van der Waals surface area contributed by atoms with Crippen LogP contribution in [0.2, 0.25) is 0 Å². The summed E-state index contributed by atoms with van der Waals surface area (Å²) in [6.45, 7) is 1.21. The maximum Gasteiger partial charge on any atom is 0.234 e. The first-order valence-electron chi connectivity index (χ1n) is 8.94. The summed E-state index contributed by atoms with van der Waals surface area (Å²) in [4.78, 5) is 14.4. The molecule has 1 aliphatic heterocycles. The first kappa shape index (κ1) is 16.1. The van der Waals surface area contributed by atoms with Crippen LogP contribution in [0.3, 0.4) is 0 Å². The molecule has 0 unspecified atom stereocenters. The van der Waals surface area contributed by atoms with E-state index in [9.17, 15) is 4.79 Å². The fraction of sp³-hybridized carbons (Fsp3) is 0.474. The zero-order chi connectivity index (χ0) is 17.2. The number of ether oxygens (including phenoxy) is 1. The fourth-order valence-corrected chi connectivity index (χ4v) is 4.10. The van der Waals surface area contributed by atoms with Crippen LogP contribution in [0.4, 0.5) is 0 Å². The topological polar surface area (TPSA) is 70.2 Å². The highest BCUT2D eigenvalue weighted by atomic mass is 16.5. The summed E-state index contributed by atoms with van der Waals surface area (Å²) >= 11 is 0. The third kappa shape index (κ3) is 3.26. The number of hydrogen-bond donors (Lipinski definition) is 2. The van der Waals surface area contributed by atoms with Crippen molar-refractivity contribution >= 4 is 5.91 Å². The molecule has 0 radical (unpaired) electrons. The Morgan fingerprint density at radius 3 is 2.84 bits per heavy atom. The van der Waals surface area contributed by atoms with Crippen molar-refractivity contribution in [3.8, 4) is 17.0 Å². The SMILES string of the molecule is COc1ccc(-c2[nH]ncc2CN2CC(=O)N[C@@H]3CCCC[C@@H]32)cc1. The second-order valence-corrected chi connectivity index (χ2v) is 6.93. The lowest BCUT2D eigenvalue weighted by atomic mass is 9.87. The van der Waals surface area contributed by atoms with Crippen LogP contribution in [0.15, 0.2) is 30.5 Å². The highest BCUT2D eigenvalue weighted by Crippen LogP contribution is 2.29. The highest BCUT2D eigenvalue weighted by Gasteiger charge is 2.36. The van der Waals surface area contributed by atoms with E-state index in [2.05, 4.69) is 20.4 Å². The Morgan fingerprint density at radius 2 is 2.04 bits per heavy atom. The number of rotatable bonds is 4. The van der Waals surface area contributed by atoms with Crippen LogP contribution in [0, 0.1) is 0 Å². The molecule has 1 saturated heterocycles. The first-order chi connectivity index (χ1) is 12.2. The van der Waals surface area contributed by atoms with Crippen molar-refractivity contribution in [2.24, 2.45) is 0 Å². The molecule has 2 fully saturated rings. The van der Waals surface area contributed by atoms with Gasteiger partial charge in [-0.05, 0) is 37.1 Å². The predicted molar refractivity (Wildman–Crippen MR) is 95.2 cm³/mol. The molecule has 6 heteroatoms. The molecule has 1 aromatic carbocycles. The smallest absolute Gasteiger partial charge is 0.234 e. The molecule has 6 nitrogen and oxygen atoms in total. The Labute approximate surface area is 147 Å². The quantitative estimate of drug-likeness (QED) is 0.896. The standard InChI is InChI=1S/C19H24N4O2/c1-25-15-8-6-13(7-9-15)19-14(10-20-22-19)11-23-12-18(24)21-16-4-2-3-5-17(16)23/h6-10,16-17H,2-5,11-12H2,1H3,(H,20,22)(H,21,24)/t16-,17+/m1/s1. The fourth-order valence-electron chi connectivity index (χ4n) is 4.10. The summed E-state index contributed by atoms with van der Waals surface area (Å²) < 4.78 is 5.23. The maximum absolute atomic E-state index is 12.1. The minimum atomic E-state index is 0.137. The summed E-state index contributed by atoms with van der Waals surface area (Å²) in [7, 11) is 1.67. The van der Waals surface area contributed by atoms with Crippen LogP contribution in [0.25, 0.3) is 11.3 Å². The molecule has 2 aliphatic rings. The number of aromatic amines is 1. The molecule has 1 aromatic heterocycles. The molecule has 2 N–H and O–H groups in total. The zero-order valence-corrected chi connectivity index (χ0v) is 14.5. The molecule has 1 aliphatic carbocycles. The summed E-state index contributed by atoms with van der Waals surface area (Å²) in [6, 6.07) is 8.69. The van der Waals surface area contributed by atoms with Crippen molar-refractivity contribution in [3.63, 3.8) is 0 Å². The normalized spacial score (nSPS) is 23.8. The van der Waals surface area contributed by atoms with Gasteiger partial charge in [0.25, 0.3) is 0 Å². The van der Waals surface area contributed by atoms with E-state index in [1.165, 1.54) is 12.8 Å². The molecule has 4 rings (SSSR count). The molecular weight excluding hydrogens is 316 g/mol. The molecular formula is C19H24N4O2. The van der Waals surface area contributed by atoms with E-state index in [1.54, 1.807) is 7.11 Å². The Kier molecular flexibility index (Phi) is 4.44. The predicted octanol–water partition coefficient (Wildman–Crippen LogP) is 2.33. The van der Waals surface area contributed by atoms with E-state index in [0.29, 0.717) is 18.6 Å². The van der Waals surface area contributed by atoms with Gasteiger partial charge < -0.3 is 10.1 Å². The third-order valence-electron chi connectivity index (χ3n) is 5.36. The molecule has 1 amide bonds. The number of hydrogen-bond acceptors (Lipinski definition) is 4. The van der Waals surface area contributed by atoms with Gasteiger partial charge in [-0.2, -0.15) is 5.10 Å². The second kappa shape index (κ2) is 6.88. The second-order valence-electron chi connectivity index (χ2n) is 6.93. The number of carbonyl (C=O) groups excluding carboxylic acids is 1. The van der Waals surface area contributed by atoms with E-state index >= 15 is 0 Å². The van der Waals surface area contributed by atoms with Crippen molar-refractivity contribution in [2.45, 2.75) is 44.3 Å². The van der Waals surface area contributed by atoms with Crippen LogP contribution in [0.1, 0.15) is 31.2 Å². The number of H-pyrrole nitrogens is 1. The van der Waals surface area contributed by atoms with Gasteiger partial charge in [-0.3, -0.25) is 14.8 Å². The number of methoxy groups -OCH3 is 1. The number of aromatic nitrogens is 2. The molecule has 25 heavy (non-hydrogen) atoms. The number of nitrogens with zero attached hydrogens (tertiary/aromatic N) is 2. The van der Waals surface area contributed by atoms with Gasteiger partial charge in [-0.15, -0.1) is 0 Å². The van der Waals surface area contributed by atoms with Crippen LogP contribution in [-0.4, -0.2) is 46.7 Å². The minimum Gasteiger partial charge on any atom is -0.497 e. The molecule has 132 valence electrons. The first-order valence-corrected chi connectivity index (χ1v) is 8.94. The van der Waals surface area contributed by atoms with Gasteiger partial charge in [-0.1, -0.05) is 12.8 Å². The van der Waals surface area contributed by atoms with Crippen molar-refractivity contribution in [2.75, 3.05) is 13.7 Å². The van der Waals surface area contributed by atoms with E-state index in [0.717, 1.165) is 42.0 Å². The molecule has 0 bridgehead atoms. The summed E-state index contributed by atoms with van der Waals surface area (Å²) in [6.07, 6.45) is 6.57. The Balaban J connectivity index is 1.56. The molecule has 2 heterocycles. The van der Waals surface area contributed by atoms with Gasteiger partial charge in [0.1, 0.15) is 5.75 Å². The average Bonchev–Trinajstić information content (AvgIpc) is 3.10. The lowest BCUT2D eigenvalue weighted by molar-refractivity contribution is -0.128. The maximum atomic E-state index is 12.1. The minimum absolute atomic E-state index is 0.137. The summed E-state index contributed by atoms with van der Waals surface area (Å²) in [5.74, 6) is 0.972. The number of fused-ring (bicyclic) bond motifs is 1.